The van der Waals surface area contributed by atoms with Crippen LogP contribution in [0, 0.1) is 35.0 Å². The van der Waals surface area contributed by atoms with Gasteiger partial charge < -0.3 is 4.74 Å². The highest BCUT2D eigenvalue weighted by atomic mass is 16.6. The van der Waals surface area contributed by atoms with Crippen LogP contribution in [0.15, 0.2) is 35.5 Å². The average molecular weight is 350 g/mol. The summed E-state index contributed by atoms with van der Waals surface area (Å²) in [6.45, 7) is 2.30. The van der Waals surface area contributed by atoms with Crippen LogP contribution in [0.25, 0.3) is 0 Å². The maximum atomic E-state index is 12.0. The number of carbonyl (C=O) groups excluding carboxylic acids is 2. The van der Waals surface area contributed by atoms with Gasteiger partial charge in [-0.05, 0) is 67.4 Å². The molecular formula is C23H26O3. The standard InChI is InChI=1S/C23H26O3/c1-2-22-9-7-16-15-6-4-14(24)11-13(15)3-5-17(16)21(22)18-12-19(18)23(22)10-8-20(25)26-23/h3,5,8,10,16-19,21H,2,4,6-7,9,11-12H2,1H3/t16?,17?,18?,19?,21?,22-,23-/m0/s1. The number of esters is 1. The van der Waals surface area contributed by atoms with E-state index in [0.717, 1.165) is 25.7 Å². The van der Waals surface area contributed by atoms with Crippen molar-refractivity contribution in [1.29, 1.82) is 0 Å². The largest absolute Gasteiger partial charge is 0.451 e. The predicted octanol–water partition coefficient (Wildman–Crippen LogP) is 4.15. The van der Waals surface area contributed by atoms with Crippen molar-refractivity contribution in [2.75, 3.05) is 0 Å². The summed E-state index contributed by atoms with van der Waals surface area (Å²) in [6, 6.07) is 0. The topological polar surface area (TPSA) is 43.4 Å². The molecule has 136 valence electrons. The van der Waals surface area contributed by atoms with Gasteiger partial charge in [0.25, 0.3) is 0 Å². The average Bonchev–Trinajstić information content (AvgIpc) is 3.29. The first-order chi connectivity index (χ1) is 12.6. The maximum Gasteiger partial charge on any atom is 0.331 e. The predicted molar refractivity (Wildman–Crippen MR) is 97.0 cm³/mol. The second-order valence-corrected chi connectivity index (χ2v) is 9.44. The Bertz CT molecular complexity index is 817. The molecule has 0 saturated heterocycles. The Morgan fingerprint density at radius 1 is 1.23 bits per heavy atom. The summed E-state index contributed by atoms with van der Waals surface area (Å²) in [5.74, 6) is 3.30. The molecule has 1 spiro atoms. The van der Waals surface area contributed by atoms with E-state index >= 15 is 0 Å². The van der Waals surface area contributed by atoms with Gasteiger partial charge in [0.2, 0.25) is 0 Å². The van der Waals surface area contributed by atoms with Gasteiger partial charge in [-0.3, -0.25) is 4.79 Å². The van der Waals surface area contributed by atoms with E-state index in [1.807, 2.05) is 0 Å². The minimum atomic E-state index is -0.329. The number of Topliss-reactive ketones (excluding diaryl/α,β-unsaturated/α-hetero) is 1. The van der Waals surface area contributed by atoms with Crippen molar-refractivity contribution in [1.82, 2.24) is 0 Å². The summed E-state index contributed by atoms with van der Waals surface area (Å²) in [7, 11) is 0. The molecule has 0 bridgehead atoms. The van der Waals surface area contributed by atoms with Crippen molar-refractivity contribution in [2.24, 2.45) is 35.0 Å². The van der Waals surface area contributed by atoms with Crippen LogP contribution in [0.4, 0.5) is 0 Å². The van der Waals surface area contributed by atoms with E-state index in [9.17, 15) is 9.59 Å². The molecule has 6 rings (SSSR count). The van der Waals surface area contributed by atoms with Crippen LogP contribution in [0.2, 0.25) is 0 Å². The number of ether oxygens (including phenoxy) is 1. The third kappa shape index (κ3) is 1.62. The number of allylic oxidation sites excluding steroid dienone is 4. The van der Waals surface area contributed by atoms with Gasteiger partial charge in [-0.15, -0.1) is 0 Å². The minimum absolute atomic E-state index is 0.108. The lowest BCUT2D eigenvalue weighted by molar-refractivity contribution is -0.167. The Morgan fingerprint density at radius 3 is 2.88 bits per heavy atom. The Labute approximate surface area is 154 Å². The van der Waals surface area contributed by atoms with E-state index in [4.69, 9.17) is 4.74 Å². The second-order valence-electron chi connectivity index (χ2n) is 9.44. The summed E-state index contributed by atoms with van der Waals surface area (Å²) in [5, 5.41) is 0. The maximum absolute atomic E-state index is 12.0. The SMILES string of the molecule is CC[C@]12CCC3C4=C(C=CC3C1C1CC1[C@@]21C=CC(=O)O1)CC(=O)CC4. The van der Waals surface area contributed by atoms with Crippen LogP contribution in [0.1, 0.15) is 51.9 Å². The molecule has 0 radical (unpaired) electrons. The summed E-state index contributed by atoms with van der Waals surface area (Å²) in [4.78, 5) is 23.9. The van der Waals surface area contributed by atoms with Crippen LogP contribution in [0.5, 0.6) is 0 Å². The second kappa shape index (κ2) is 4.79. The molecule has 1 heterocycles. The van der Waals surface area contributed by atoms with Crippen LogP contribution in [-0.2, 0) is 14.3 Å². The van der Waals surface area contributed by atoms with Crippen molar-refractivity contribution < 1.29 is 14.3 Å². The lowest BCUT2D eigenvalue weighted by Crippen LogP contribution is -2.54. The third-order valence-electron chi connectivity index (χ3n) is 8.86. The Morgan fingerprint density at radius 2 is 2.12 bits per heavy atom. The molecule has 0 amide bonds. The summed E-state index contributed by atoms with van der Waals surface area (Å²) < 4.78 is 6.10. The molecule has 0 aromatic heterocycles. The summed E-state index contributed by atoms with van der Waals surface area (Å²) in [5.41, 5.74) is 2.68. The van der Waals surface area contributed by atoms with E-state index in [1.54, 1.807) is 11.6 Å². The molecule has 7 atom stereocenters. The molecule has 0 aromatic rings. The molecule has 5 unspecified atom stereocenters. The molecule has 6 aliphatic rings. The van der Waals surface area contributed by atoms with E-state index in [-0.39, 0.29) is 17.0 Å². The number of ketones is 1. The van der Waals surface area contributed by atoms with Crippen molar-refractivity contribution in [3.05, 3.63) is 35.5 Å². The highest BCUT2D eigenvalue weighted by molar-refractivity contribution is 5.86. The molecule has 0 N–H and O–H groups in total. The number of carbonyl (C=O) groups is 2. The Kier molecular flexibility index (Phi) is 2.84. The van der Waals surface area contributed by atoms with E-state index in [2.05, 4.69) is 25.2 Å². The number of hydrogen-bond acceptors (Lipinski definition) is 3. The van der Waals surface area contributed by atoms with Crippen molar-refractivity contribution >= 4 is 11.8 Å². The highest BCUT2D eigenvalue weighted by Crippen LogP contribution is 2.78. The molecule has 1 aliphatic heterocycles. The van der Waals surface area contributed by atoms with Gasteiger partial charge in [-0.2, -0.15) is 0 Å². The number of hydrogen-bond donors (Lipinski definition) is 0. The first-order valence-corrected chi connectivity index (χ1v) is 10.4. The third-order valence-corrected chi connectivity index (χ3v) is 8.86. The fourth-order valence-electron chi connectivity index (χ4n) is 7.92. The quantitative estimate of drug-likeness (QED) is 0.667. The van der Waals surface area contributed by atoms with Crippen LogP contribution in [0.3, 0.4) is 0 Å². The van der Waals surface area contributed by atoms with Crippen LogP contribution >= 0.6 is 0 Å². The minimum Gasteiger partial charge on any atom is -0.451 e. The van der Waals surface area contributed by atoms with Gasteiger partial charge >= 0.3 is 5.97 Å². The lowest BCUT2D eigenvalue weighted by atomic mass is 9.50. The molecule has 5 aliphatic carbocycles. The van der Waals surface area contributed by atoms with Crippen molar-refractivity contribution in [3.8, 4) is 0 Å². The normalized spacial score (nSPS) is 50.4. The van der Waals surface area contributed by atoms with Gasteiger partial charge in [-0.25, -0.2) is 4.79 Å². The van der Waals surface area contributed by atoms with E-state index in [1.165, 1.54) is 18.4 Å². The lowest BCUT2D eigenvalue weighted by Gasteiger charge is -2.55. The first kappa shape index (κ1) is 15.4. The summed E-state index contributed by atoms with van der Waals surface area (Å²) >= 11 is 0. The summed E-state index contributed by atoms with van der Waals surface area (Å²) in [6.07, 6.45) is 15.5. The number of rotatable bonds is 1. The Balaban J connectivity index is 1.42. The molecule has 3 nitrogen and oxygen atoms in total. The van der Waals surface area contributed by atoms with Gasteiger partial charge in [0.15, 0.2) is 0 Å². The molecule has 3 fully saturated rings. The molecule has 26 heavy (non-hydrogen) atoms. The molecule has 0 aromatic carbocycles. The zero-order valence-electron chi connectivity index (χ0n) is 15.4. The fraction of sp³-hybridized carbons (Fsp3) is 0.652. The van der Waals surface area contributed by atoms with Gasteiger partial charge in [0.1, 0.15) is 11.4 Å². The van der Waals surface area contributed by atoms with Crippen LogP contribution < -0.4 is 0 Å². The van der Waals surface area contributed by atoms with Gasteiger partial charge in [0, 0.05) is 30.3 Å². The van der Waals surface area contributed by atoms with Crippen molar-refractivity contribution in [2.45, 2.75) is 57.5 Å². The number of fused-ring (bicyclic) bond motifs is 8. The molecule has 3 saturated carbocycles. The zero-order valence-corrected chi connectivity index (χ0v) is 15.4. The fourth-order valence-corrected chi connectivity index (χ4v) is 7.92. The zero-order chi connectivity index (χ0) is 17.7. The van der Waals surface area contributed by atoms with Crippen LogP contribution in [-0.4, -0.2) is 17.4 Å². The van der Waals surface area contributed by atoms with Crippen molar-refractivity contribution in [3.63, 3.8) is 0 Å². The molecule has 3 heteroatoms. The van der Waals surface area contributed by atoms with E-state index < -0.39 is 0 Å². The highest BCUT2D eigenvalue weighted by Gasteiger charge is 2.78. The van der Waals surface area contributed by atoms with Gasteiger partial charge in [0.05, 0.1) is 0 Å². The first-order valence-electron chi connectivity index (χ1n) is 10.4. The smallest absolute Gasteiger partial charge is 0.331 e. The Hall–Kier alpha value is -1.64. The monoisotopic (exact) mass is 350 g/mol. The molecular weight excluding hydrogens is 324 g/mol. The van der Waals surface area contributed by atoms with E-state index in [0.29, 0.717) is 41.8 Å². The van der Waals surface area contributed by atoms with Gasteiger partial charge in [-0.1, -0.05) is 24.6 Å².